The topological polar surface area (TPSA) is 78.7 Å². The van der Waals surface area contributed by atoms with Crippen LogP contribution in [0.5, 0.6) is 5.75 Å². The molecule has 6 heteroatoms. The summed E-state index contributed by atoms with van der Waals surface area (Å²) in [5.74, 6) is -0.109. The fourth-order valence-electron chi connectivity index (χ4n) is 1.22. The number of nitro groups is 1. The molecule has 100 valence electrons. The molecule has 0 N–H and O–H groups in total. The Morgan fingerprint density at radius 1 is 1.42 bits per heavy atom. The minimum absolute atomic E-state index is 0.283. The molecule has 0 spiro atoms. The first kappa shape index (κ1) is 14.4. The van der Waals surface area contributed by atoms with Gasteiger partial charge in [0, 0.05) is 11.6 Å². The molecule has 0 aromatic heterocycles. The van der Waals surface area contributed by atoms with Gasteiger partial charge in [-0.25, -0.2) is 4.79 Å². The zero-order chi connectivity index (χ0) is 14.1. The zero-order valence-corrected chi connectivity index (χ0v) is 10.3. The summed E-state index contributed by atoms with van der Waals surface area (Å²) in [6.07, 6.45) is 4.44. The third kappa shape index (κ3) is 5.49. The van der Waals surface area contributed by atoms with E-state index in [1.165, 1.54) is 12.3 Å². The van der Waals surface area contributed by atoms with E-state index in [1.54, 1.807) is 31.2 Å². The van der Waals surface area contributed by atoms with Gasteiger partial charge in [-0.2, -0.15) is 0 Å². The Labute approximate surface area is 110 Å². The van der Waals surface area contributed by atoms with E-state index in [0.717, 1.165) is 12.3 Å². The largest absolute Gasteiger partial charge is 0.464 e. The van der Waals surface area contributed by atoms with Crippen LogP contribution in [-0.4, -0.2) is 17.5 Å². The van der Waals surface area contributed by atoms with Gasteiger partial charge in [-0.05, 0) is 13.0 Å². The molecule has 0 atom stereocenters. The fraction of sp³-hybridized carbons (Fsp3) is 0.154. The molecule has 0 saturated carbocycles. The third-order valence-electron chi connectivity index (χ3n) is 1.98. The summed E-state index contributed by atoms with van der Waals surface area (Å²) < 4.78 is 9.91. The summed E-state index contributed by atoms with van der Waals surface area (Å²) in [6.45, 7) is 1.98. The van der Waals surface area contributed by atoms with Crippen molar-refractivity contribution >= 4 is 12.0 Å². The Kier molecular flexibility index (Phi) is 5.81. The van der Waals surface area contributed by atoms with Crippen LogP contribution < -0.4 is 4.74 Å². The van der Waals surface area contributed by atoms with Gasteiger partial charge in [0.2, 0.25) is 6.20 Å². The van der Waals surface area contributed by atoms with Crippen molar-refractivity contribution in [3.05, 3.63) is 58.5 Å². The van der Waals surface area contributed by atoms with Gasteiger partial charge in [0.1, 0.15) is 5.75 Å². The van der Waals surface area contributed by atoms with E-state index in [0.29, 0.717) is 11.3 Å². The predicted octanol–water partition coefficient (Wildman–Crippen LogP) is 2.39. The lowest BCUT2D eigenvalue weighted by Crippen LogP contribution is -1.99. The van der Waals surface area contributed by atoms with Gasteiger partial charge in [0.05, 0.1) is 23.9 Å². The molecule has 1 rings (SSSR count). The Morgan fingerprint density at radius 2 is 2.16 bits per heavy atom. The van der Waals surface area contributed by atoms with Crippen molar-refractivity contribution in [1.29, 1.82) is 0 Å². The Hall–Kier alpha value is -2.63. The van der Waals surface area contributed by atoms with Crippen LogP contribution in [0, 0.1) is 10.1 Å². The molecule has 1 aromatic rings. The van der Waals surface area contributed by atoms with Crippen LogP contribution in [0.3, 0.4) is 0 Å². The average Bonchev–Trinajstić information content (AvgIpc) is 2.38. The molecule has 19 heavy (non-hydrogen) atoms. The molecule has 0 fully saturated rings. The highest BCUT2D eigenvalue weighted by Crippen LogP contribution is 2.19. The standard InChI is InChI=1S/C13H13NO5/c1-2-18-13(15)8-10-19-12-6-4-3-5-11(12)7-9-14(16)17/h3-10H,2H2,1H3/b9-7+,10-8+. The van der Waals surface area contributed by atoms with E-state index in [1.807, 2.05) is 0 Å². The quantitative estimate of drug-likeness (QED) is 0.259. The van der Waals surface area contributed by atoms with Crippen molar-refractivity contribution in [2.75, 3.05) is 6.61 Å². The number of hydrogen-bond acceptors (Lipinski definition) is 5. The molecule has 0 saturated heterocycles. The summed E-state index contributed by atoms with van der Waals surface area (Å²) in [6, 6.07) is 6.74. The Morgan fingerprint density at radius 3 is 2.84 bits per heavy atom. The number of ether oxygens (including phenoxy) is 2. The molecule has 0 amide bonds. The Bertz CT molecular complexity index is 508. The SMILES string of the molecule is CCOC(=O)/C=C/Oc1ccccc1/C=C/[N+](=O)[O-]. The predicted molar refractivity (Wildman–Crippen MR) is 68.9 cm³/mol. The summed E-state index contributed by atoms with van der Waals surface area (Å²) in [4.78, 5) is 20.7. The van der Waals surface area contributed by atoms with Crippen molar-refractivity contribution < 1.29 is 19.2 Å². The molecule has 0 unspecified atom stereocenters. The molecule has 0 aliphatic carbocycles. The number of benzene rings is 1. The second-order valence-electron chi connectivity index (χ2n) is 3.31. The normalized spacial score (nSPS) is 10.8. The van der Waals surface area contributed by atoms with Gasteiger partial charge in [0.15, 0.2) is 0 Å². The Balaban J connectivity index is 2.73. The summed E-state index contributed by atoms with van der Waals surface area (Å²) in [5, 5.41) is 10.3. The smallest absolute Gasteiger partial charge is 0.333 e. The van der Waals surface area contributed by atoms with E-state index in [2.05, 4.69) is 4.74 Å². The molecular weight excluding hydrogens is 250 g/mol. The number of esters is 1. The van der Waals surface area contributed by atoms with Gasteiger partial charge in [0.25, 0.3) is 0 Å². The summed E-state index contributed by atoms with van der Waals surface area (Å²) >= 11 is 0. The highest BCUT2D eigenvalue weighted by Gasteiger charge is 2.00. The van der Waals surface area contributed by atoms with Crippen LogP contribution >= 0.6 is 0 Å². The highest BCUT2D eigenvalue weighted by atomic mass is 16.6. The van der Waals surface area contributed by atoms with Gasteiger partial charge in [-0.3, -0.25) is 10.1 Å². The first-order valence-corrected chi connectivity index (χ1v) is 5.54. The van der Waals surface area contributed by atoms with Crippen LogP contribution in [0.15, 0.2) is 42.8 Å². The molecule has 0 aliphatic rings. The number of nitrogens with zero attached hydrogens (tertiary/aromatic N) is 1. The van der Waals surface area contributed by atoms with Crippen molar-refractivity contribution in [3.63, 3.8) is 0 Å². The summed E-state index contributed by atoms with van der Waals surface area (Å²) in [7, 11) is 0. The number of hydrogen-bond donors (Lipinski definition) is 0. The van der Waals surface area contributed by atoms with Crippen molar-refractivity contribution in [1.82, 2.24) is 0 Å². The maximum Gasteiger partial charge on any atom is 0.333 e. The van der Waals surface area contributed by atoms with Crippen LogP contribution in [0.1, 0.15) is 12.5 Å². The number of carbonyl (C=O) groups is 1. The van der Waals surface area contributed by atoms with Crippen LogP contribution in [0.25, 0.3) is 6.08 Å². The number of carbonyl (C=O) groups excluding carboxylic acids is 1. The lowest BCUT2D eigenvalue weighted by Gasteiger charge is -2.03. The maximum absolute atomic E-state index is 11.0. The van der Waals surface area contributed by atoms with Crippen molar-refractivity contribution in [2.45, 2.75) is 6.92 Å². The average molecular weight is 263 g/mol. The van der Waals surface area contributed by atoms with Gasteiger partial charge >= 0.3 is 5.97 Å². The maximum atomic E-state index is 11.0. The van der Waals surface area contributed by atoms with Gasteiger partial charge in [-0.1, -0.05) is 18.2 Å². The molecule has 6 nitrogen and oxygen atoms in total. The summed E-state index contributed by atoms with van der Waals surface area (Å²) in [5.41, 5.74) is 0.535. The molecule has 0 radical (unpaired) electrons. The second-order valence-corrected chi connectivity index (χ2v) is 3.31. The van der Waals surface area contributed by atoms with E-state index in [9.17, 15) is 14.9 Å². The first-order chi connectivity index (χ1) is 9.13. The molecular formula is C13H13NO5. The first-order valence-electron chi connectivity index (χ1n) is 5.54. The van der Waals surface area contributed by atoms with Gasteiger partial charge < -0.3 is 9.47 Å². The van der Waals surface area contributed by atoms with Crippen LogP contribution in [0.4, 0.5) is 0 Å². The lowest BCUT2D eigenvalue weighted by atomic mass is 10.2. The van der Waals surface area contributed by atoms with Crippen molar-refractivity contribution in [3.8, 4) is 5.75 Å². The molecule has 0 heterocycles. The number of para-hydroxylation sites is 1. The van der Waals surface area contributed by atoms with Gasteiger partial charge in [-0.15, -0.1) is 0 Å². The zero-order valence-electron chi connectivity index (χ0n) is 10.3. The van der Waals surface area contributed by atoms with Crippen LogP contribution in [-0.2, 0) is 9.53 Å². The lowest BCUT2D eigenvalue weighted by molar-refractivity contribution is -0.400. The molecule has 0 aliphatic heterocycles. The highest BCUT2D eigenvalue weighted by molar-refractivity contribution is 5.81. The fourth-order valence-corrected chi connectivity index (χ4v) is 1.22. The number of rotatable bonds is 6. The monoisotopic (exact) mass is 263 g/mol. The van der Waals surface area contributed by atoms with Crippen LogP contribution in [0.2, 0.25) is 0 Å². The van der Waals surface area contributed by atoms with E-state index >= 15 is 0 Å². The molecule has 1 aromatic carbocycles. The van der Waals surface area contributed by atoms with E-state index < -0.39 is 10.9 Å². The van der Waals surface area contributed by atoms with Crippen molar-refractivity contribution in [2.24, 2.45) is 0 Å². The van der Waals surface area contributed by atoms with E-state index in [-0.39, 0.29) is 6.61 Å². The second kappa shape index (κ2) is 7.65. The molecule has 0 bridgehead atoms. The van der Waals surface area contributed by atoms with E-state index in [4.69, 9.17) is 4.74 Å². The third-order valence-corrected chi connectivity index (χ3v) is 1.98. The minimum atomic E-state index is -0.564. The minimum Gasteiger partial charge on any atom is -0.464 e.